The van der Waals surface area contributed by atoms with Crippen LogP contribution in [0, 0.1) is 5.92 Å². The fourth-order valence-corrected chi connectivity index (χ4v) is 1.23. The van der Waals surface area contributed by atoms with Gasteiger partial charge in [0, 0.05) is 6.54 Å². The number of rotatable bonds is 5. The highest BCUT2D eigenvalue weighted by Crippen LogP contribution is 2.15. The lowest BCUT2D eigenvalue weighted by Gasteiger charge is -2.10. The Balaban J connectivity index is 2.70. The number of nitrogens with two attached hydrogens (primary N) is 2. The van der Waals surface area contributed by atoms with E-state index in [1.54, 1.807) is 6.07 Å². The van der Waals surface area contributed by atoms with Gasteiger partial charge in [-0.3, -0.25) is 4.79 Å². The fraction of sp³-hybridized carbons (Fsp3) is 0.455. The van der Waals surface area contributed by atoms with Crippen molar-refractivity contribution in [3.05, 3.63) is 17.8 Å². The van der Waals surface area contributed by atoms with E-state index in [9.17, 15) is 4.79 Å². The molecular weight excluding hydrogens is 204 g/mol. The number of nitrogen functional groups attached to an aromatic ring is 1. The number of primary amides is 1. The number of nitrogens with zero attached hydrogens (tertiary/aromatic N) is 1. The first kappa shape index (κ1) is 12.3. The molecule has 0 aliphatic rings. The predicted octanol–water partition coefficient (Wildman–Crippen LogP) is 1.22. The Labute approximate surface area is 95.2 Å². The smallest absolute Gasteiger partial charge is 0.267 e. The summed E-state index contributed by atoms with van der Waals surface area (Å²) in [6.07, 6.45) is 1.02. The molecule has 16 heavy (non-hydrogen) atoms. The topological polar surface area (TPSA) is 94.0 Å². The van der Waals surface area contributed by atoms with Crippen LogP contribution < -0.4 is 16.8 Å². The molecule has 0 unspecified atom stereocenters. The molecule has 0 aliphatic carbocycles. The van der Waals surface area contributed by atoms with Crippen LogP contribution in [0.2, 0.25) is 0 Å². The van der Waals surface area contributed by atoms with E-state index in [0.717, 1.165) is 13.0 Å². The highest BCUT2D eigenvalue weighted by Gasteiger charge is 2.06. The van der Waals surface area contributed by atoms with E-state index in [4.69, 9.17) is 11.5 Å². The van der Waals surface area contributed by atoms with Gasteiger partial charge in [0.05, 0.1) is 5.69 Å². The van der Waals surface area contributed by atoms with Crippen molar-refractivity contribution in [1.29, 1.82) is 0 Å². The average Bonchev–Trinajstić information content (AvgIpc) is 2.20. The quantitative estimate of drug-likeness (QED) is 0.698. The summed E-state index contributed by atoms with van der Waals surface area (Å²) in [5.41, 5.74) is 11.6. The molecule has 0 saturated carbocycles. The minimum atomic E-state index is -0.549. The number of hydrogen-bond acceptors (Lipinski definition) is 4. The van der Waals surface area contributed by atoms with Crippen LogP contribution in [0.4, 0.5) is 11.5 Å². The lowest BCUT2D eigenvalue weighted by atomic mass is 10.1. The molecule has 0 saturated heterocycles. The molecule has 5 heteroatoms. The fourth-order valence-electron chi connectivity index (χ4n) is 1.23. The zero-order valence-corrected chi connectivity index (χ0v) is 9.66. The van der Waals surface area contributed by atoms with E-state index in [1.807, 2.05) is 0 Å². The number of pyridine rings is 1. The van der Waals surface area contributed by atoms with Gasteiger partial charge in [-0.25, -0.2) is 4.98 Å². The Morgan fingerprint density at radius 1 is 1.50 bits per heavy atom. The van der Waals surface area contributed by atoms with Gasteiger partial charge in [0.1, 0.15) is 11.5 Å². The zero-order chi connectivity index (χ0) is 12.1. The first-order chi connectivity index (χ1) is 7.50. The van der Waals surface area contributed by atoms with Gasteiger partial charge in [-0.15, -0.1) is 0 Å². The molecule has 0 aromatic carbocycles. The number of aromatic nitrogens is 1. The summed E-state index contributed by atoms with van der Waals surface area (Å²) >= 11 is 0. The third-order valence-electron chi connectivity index (χ3n) is 2.19. The van der Waals surface area contributed by atoms with Gasteiger partial charge in [-0.1, -0.05) is 13.8 Å². The van der Waals surface area contributed by atoms with E-state index in [2.05, 4.69) is 24.1 Å². The second-order valence-corrected chi connectivity index (χ2v) is 4.11. The first-order valence-electron chi connectivity index (χ1n) is 5.31. The zero-order valence-electron chi connectivity index (χ0n) is 9.66. The molecule has 0 bridgehead atoms. The van der Waals surface area contributed by atoms with Crippen LogP contribution in [0.3, 0.4) is 0 Å². The summed E-state index contributed by atoms with van der Waals surface area (Å²) in [6, 6.07) is 3.15. The molecule has 0 radical (unpaired) electrons. The van der Waals surface area contributed by atoms with Gasteiger partial charge in [-0.2, -0.15) is 0 Å². The molecule has 1 rings (SSSR count). The van der Waals surface area contributed by atoms with Crippen LogP contribution in [0.1, 0.15) is 30.8 Å². The van der Waals surface area contributed by atoms with Gasteiger partial charge in [-0.05, 0) is 24.5 Å². The van der Waals surface area contributed by atoms with Gasteiger partial charge >= 0.3 is 0 Å². The predicted molar refractivity (Wildman–Crippen MR) is 65.1 cm³/mol. The number of nitrogens with one attached hydrogen (secondary N) is 1. The van der Waals surface area contributed by atoms with Crippen LogP contribution in [0.15, 0.2) is 12.1 Å². The van der Waals surface area contributed by atoms with Crippen molar-refractivity contribution in [2.45, 2.75) is 20.3 Å². The summed E-state index contributed by atoms with van der Waals surface area (Å²) < 4.78 is 0. The van der Waals surface area contributed by atoms with E-state index in [-0.39, 0.29) is 5.69 Å². The standard InChI is InChI=1S/C11H18N4O/c1-7(2)5-6-14-11-8(12)3-4-9(15-11)10(13)16/h3-4,7H,5-6,12H2,1-2H3,(H2,13,16)(H,14,15). The van der Waals surface area contributed by atoms with Crippen molar-refractivity contribution in [1.82, 2.24) is 4.98 Å². The van der Waals surface area contributed by atoms with Crippen LogP contribution in [-0.2, 0) is 0 Å². The van der Waals surface area contributed by atoms with E-state index in [0.29, 0.717) is 17.4 Å². The number of hydrogen-bond donors (Lipinski definition) is 3. The number of anilines is 2. The van der Waals surface area contributed by atoms with Crippen LogP contribution in [0.25, 0.3) is 0 Å². The maximum Gasteiger partial charge on any atom is 0.267 e. The maximum absolute atomic E-state index is 10.9. The maximum atomic E-state index is 10.9. The largest absolute Gasteiger partial charge is 0.396 e. The van der Waals surface area contributed by atoms with Crippen LogP contribution >= 0.6 is 0 Å². The first-order valence-corrected chi connectivity index (χ1v) is 5.31. The Kier molecular flexibility index (Phi) is 4.10. The molecule has 0 fully saturated rings. The third-order valence-corrected chi connectivity index (χ3v) is 2.19. The highest BCUT2D eigenvalue weighted by molar-refractivity contribution is 5.91. The summed E-state index contributed by atoms with van der Waals surface area (Å²) in [5.74, 6) is 0.580. The molecule has 5 N–H and O–H groups in total. The van der Waals surface area contributed by atoms with Gasteiger partial charge in [0.2, 0.25) is 0 Å². The summed E-state index contributed by atoms with van der Waals surface area (Å²) in [7, 11) is 0. The van der Waals surface area contributed by atoms with Gasteiger partial charge in [0.15, 0.2) is 0 Å². The Morgan fingerprint density at radius 2 is 2.19 bits per heavy atom. The molecule has 1 aromatic rings. The van der Waals surface area contributed by atoms with E-state index in [1.165, 1.54) is 6.07 Å². The molecule has 0 aliphatic heterocycles. The third kappa shape index (κ3) is 3.42. The monoisotopic (exact) mass is 222 g/mol. The van der Waals surface area contributed by atoms with Crippen molar-refractivity contribution in [3.63, 3.8) is 0 Å². The molecule has 0 atom stereocenters. The second kappa shape index (κ2) is 5.34. The molecule has 1 amide bonds. The lowest BCUT2D eigenvalue weighted by Crippen LogP contribution is -2.15. The second-order valence-electron chi connectivity index (χ2n) is 4.11. The highest BCUT2D eigenvalue weighted by atomic mass is 16.1. The van der Waals surface area contributed by atoms with E-state index >= 15 is 0 Å². The van der Waals surface area contributed by atoms with Crippen molar-refractivity contribution in [3.8, 4) is 0 Å². The van der Waals surface area contributed by atoms with Crippen LogP contribution in [0.5, 0.6) is 0 Å². The van der Waals surface area contributed by atoms with Crippen molar-refractivity contribution >= 4 is 17.4 Å². The summed E-state index contributed by atoms with van der Waals surface area (Å²) in [5, 5.41) is 3.10. The SMILES string of the molecule is CC(C)CCNc1nc(C(N)=O)ccc1N. The van der Waals surface area contributed by atoms with Gasteiger partial charge in [0.25, 0.3) is 5.91 Å². The lowest BCUT2D eigenvalue weighted by molar-refractivity contribution is 0.0996. The molecule has 1 aromatic heterocycles. The van der Waals surface area contributed by atoms with Crippen molar-refractivity contribution in [2.75, 3.05) is 17.6 Å². The Hall–Kier alpha value is -1.78. The number of carbonyl (C=O) groups is 1. The van der Waals surface area contributed by atoms with Crippen molar-refractivity contribution < 1.29 is 4.79 Å². The summed E-state index contributed by atoms with van der Waals surface area (Å²) in [4.78, 5) is 15.0. The minimum Gasteiger partial charge on any atom is -0.396 e. The number of amides is 1. The molecule has 0 spiro atoms. The van der Waals surface area contributed by atoms with Crippen molar-refractivity contribution in [2.24, 2.45) is 11.7 Å². The van der Waals surface area contributed by atoms with Gasteiger partial charge < -0.3 is 16.8 Å². The minimum absolute atomic E-state index is 0.223. The molecule has 1 heterocycles. The van der Waals surface area contributed by atoms with E-state index < -0.39 is 5.91 Å². The molecular formula is C11H18N4O. The van der Waals surface area contributed by atoms with Crippen LogP contribution in [-0.4, -0.2) is 17.4 Å². The summed E-state index contributed by atoms with van der Waals surface area (Å²) in [6.45, 7) is 5.05. The molecule has 88 valence electrons. The Morgan fingerprint density at radius 3 is 2.75 bits per heavy atom. The average molecular weight is 222 g/mol. The molecule has 5 nitrogen and oxygen atoms in total. The normalized spacial score (nSPS) is 10.4. The Bertz CT molecular complexity index is 376. The number of carbonyl (C=O) groups excluding carboxylic acids is 1.